The van der Waals surface area contributed by atoms with Gasteiger partial charge in [-0.2, -0.15) is 5.10 Å². The fraction of sp³-hybridized carbons (Fsp3) is 0.474. The van der Waals surface area contributed by atoms with Crippen molar-refractivity contribution in [2.24, 2.45) is 0 Å². The second-order valence-electron chi connectivity index (χ2n) is 7.72. The summed E-state index contributed by atoms with van der Waals surface area (Å²) in [5, 5.41) is 7.87. The third-order valence-electron chi connectivity index (χ3n) is 5.42. The Labute approximate surface area is 164 Å². The number of aromatic nitrogens is 2. The Morgan fingerprint density at radius 3 is 2.37 bits per heavy atom. The molecule has 1 atom stereocenters. The van der Waals surface area contributed by atoms with Gasteiger partial charge in [0.15, 0.2) is 0 Å². The van der Waals surface area contributed by atoms with Crippen LogP contribution in [-0.2, 0) is 18.8 Å². The minimum atomic E-state index is -0.599. The summed E-state index contributed by atoms with van der Waals surface area (Å²) in [6, 6.07) is 7.43. The number of halogens is 1. The first-order valence-electron chi connectivity index (χ1n) is 8.86. The number of carbonyl (C=O) groups excluding carboxylic acids is 1. The number of nitrogens with one attached hydrogen (secondary N) is 1. The van der Waals surface area contributed by atoms with Gasteiger partial charge >= 0.3 is 13.1 Å². The molecule has 0 saturated carbocycles. The normalized spacial score (nSPS) is 19.1. The van der Waals surface area contributed by atoms with Crippen molar-refractivity contribution < 1.29 is 18.8 Å². The van der Waals surface area contributed by atoms with Gasteiger partial charge in [0.1, 0.15) is 0 Å². The lowest BCUT2D eigenvalue weighted by molar-refractivity contribution is -0.140. The zero-order chi connectivity index (χ0) is 19.8. The second kappa shape index (κ2) is 7.30. The molecule has 8 heteroatoms. The minimum absolute atomic E-state index is 0.119. The lowest BCUT2D eigenvalue weighted by atomic mass is 9.66. The molecule has 0 radical (unpaired) electrons. The summed E-state index contributed by atoms with van der Waals surface area (Å²) in [5.41, 5.74) is 1.54. The standard InChI is InChI=1S/C19H24BClN2O4/c1-18(2)19(3,4)27-20(26-18)15(10-16(24)25-5)14-11-22-23-17(14)12-6-8-13(21)9-7-12/h6-9,11,15H,10H2,1-5H3,(H,22,23). The van der Waals surface area contributed by atoms with E-state index in [0.717, 1.165) is 16.8 Å². The average Bonchev–Trinajstić information content (AvgIpc) is 3.15. The van der Waals surface area contributed by atoms with E-state index in [2.05, 4.69) is 10.2 Å². The van der Waals surface area contributed by atoms with Crippen LogP contribution in [0.15, 0.2) is 30.5 Å². The Balaban J connectivity index is 1.99. The molecule has 3 rings (SSSR count). The number of methoxy groups -OCH3 is 1. The second-order valence-corrected chi connectivity index (χ2v) is 8.16. The number of rotatable bonds is 5. The highest BCUT2D eigenvalue weighted by Gasteiger charge is 2.54. The molecule has 1 fully saturated rings. The van der Waals surface area contributed by atoms with E-state index in [4.69, 9.17) is 25.6 Å². The highest BCUT2D eigenvalue weighted by Crippen LogP contribution is 2.43. The van der Waals surface area contributed by atoms with Gasteiger partial charge in [-0.25, -0.2) is 0 Å². The molecule has 144 valence electrons. The zero-order valence-corrected chi connectivity index (χ0v) is 17.0. The number of nitrogens with zero attached hydrogens (tertiary/aromatic N) is 1. The maximum Gasteiger partial charge on any atom is 0.466 e. The summed E-state index contributed by atoms with van der Waals surface area (Å²) in [6.07, 6.45) is 1.83. The van der Waals surface area contributed by atoms with Crippen molar-refractivity contribution in [2.75, 3.05) is 7.11 Å². The Morgan fingerprint density at radius 2 is 1.81 bits per heavy atom. The van der Waals surface area contributed by atoms with Gasteiger partial charge in [0, 0.05) is 10.8 Å². The summed E-state index contributed by atoms with van der Waals surface area (Å²) in [7, 11) is 0.775. The van der Waals surface area contributed by atoms with Crippen molar-refractivity contribution in [3.05, 3.63) is 41.0 Å². The van der Waals surface area contributed by atoms with Crippen LogP contribution in [0, 0.1) is 0 Å². The molecule has 0 amide bonds. The third-order valence-corrected chi connectivity index (χ3v) is 5.67. The monoisotopic (exact) mass is 390 g/mol. The number of esters is 1. The van der Waals surface area contributed by atoms with Crippen LogP contribution >= 0.6 is 11.6 Å². The topological polar surface area (TPSA) is 73.4 Å². The molecule has 2 aromatic rings. The summed E-state index contributed by atoms with van der Waals surface area (Å²) < 4.78 is 17.3. The number of carbonyl (C=O) groups is 1. The molecule has 1 aliphatic rings. The van der Waals surface area contributed by atoms with Gasteiger partial charge in [0.25, 0.3) is 0 Å². The van der Waals surface area contributed by atoms with E-state index in [1.165, 1.54) is 7.11 Å². The molecule has 0 aliphatic carbocycles. The van der Waals surface area contributed by atoms with E-state index >= 15 is 0 Å². The highest BCUT2D eigenvalue weighted by molar-refractivity contribution is 6.48. The van der Waals surface area contributed by atoms with Crippen LogP contribution < -0.4 is 0 Å². The molecule has 2 heterocycles. The summed E-state index contributed by atoms with van der Waals surface area (Å²) in [6.45, 7) is 7.94. The number of ether oxygens (including phenoxy) is 1. The fourth-order valence-electron chi connectivity index (χ4n) is 3.09. The fourth-order valence-corrected chi connectivity index (χ4v) is 3.22. The molecule has 1 aliphatic heterocycles. The molecule has 1 N–H and O–H groups in total. The van der Waals surface area contributed by atoms with E-state index in [-0.39, 0.29) is 18.2 Å². The molecule has 0 bridgehead atoms. The Morgan fingerprint density at radius 1 is 1.22 bits per heavy atom. The van der Waals surface area contributed by atoms with Gasteiger partial charge < -0.3 is 14.0 Å². The smallest absolute Gasteiger partial charge is 0.466 e. The number of hydrogen-bond donors (Lipinski definition) is 1. The number of H-pyrrole nitrogens is 1. The van der Waals surface area contributed by atoms with E-state index in [0.29, 0.717) is 5.02 Å². The molecule has 1 saturated heterocycles. The first-order chi connectivity index (χ1) is 12.6. The molecular weight excluding hydrogens is 366 g/mol. The van der Waals surface area contributed by atoms with Gasteiger partial charge in [-0.3, -0.25) is 9.89 Å². The van der Waals surface area contributed by atoms with E-state index in [1.807, 2.05) is 52.0 Å². The number of aromatic amines is 1. The van der Waals surface area contributed by atoms with Crippen LogP contribution in [0.25, 0.3) is 11.3 Å². The van der Waals surface area contributed by atoms with Gasteiger partial charge in [-0.05, 0) is 51.0 Å². The number of hydrogen-bond acceptors (Lipinski definition) is 5. The minimum Gasteiger partial charge on any atom is -0.469 e. The molecule has 0 spiro atoms. The first-order valence-corrected chi connectivity index (χ1v) is 9.24. The van der Waals surface area contributed by atoms with E-state index in [1.54, 1.807) is 6.20 Å². The maximum absolute atomic E-state index is 12.1. The molecule has 6 nitrogen and oxygen atoms in total. The van der Waals surface area contributed by atoms with E-state index in [9.17, 15) is 4.79 Å². The summed E-state index contributed by atoms with van der Waals surface area (Å²) in [4.78, 5) is 12.1. The predicted octanol–water partition coefficient (Wildman–Crippen LogP) is 4.01. The largest absolute Gasteiger partial charge is 0.469 e. The molecule has 27 heavy (non-hydrogen) atoms. The van der Waals surface area contributed by atoms with Crippen LogP contribution in [-0.4, -0.2) is 41.6 Å². The van der Waals surface area contributed by atoms with Crippen molar-refractivity contribution in [3.8, 4) is 11.3 Å². The predicted molar refractivity (Wildman–Crippen MR) is 104 cm³/mol. The van der Waals surface area contributed by atoms with Crippen LogP contribution in [0.5, 0.6) is 0 Å². The van der Waals surface area contributed by atoms with Crippen LogP contribution in [0.4, 0.5) is 0 Å². The van der Waals surface area contributed by atoms with Crippen molar-refractivity contribution in [1.29, 1.82) is 0 Å². The first kappa shape index (κ1) is 19.9. The van der Waals surface area contributed by atoms with Crippen molar-refractivity contribution >= 4 is 24.7 Å². The molecule has 1 unspecified atom stereocenters. The lowest BCUT2D eigenvalue weighted by Gasteiger charge is -2.32. The van der Waals surface area contributed by atoms with Crippen molar-refractivity contribution in [1.82, 2.24) is 10.2 Å². The highest BCUT2D eigenvalue weighted by atomic mass is 35.5. The molecule has 1 aromatic heterocycles. The van der Waals surface area contributed by atoms with E-state index < -0.39 is 18.3 Å². The molecular formula is C19H24BClN2O4. The Bertz CT molecular complexity index is 803. The van der Waals surface area contributed by atoms with Crippen LogP contribution in [0.1, 0.15) is 45.5 Å². The van der Waals surface area contributed by atoms with Gasteiger partial charge in [0.05, 0.1) is 36.6 Å². The Kier molecular flexibility index (Phi) is 5.39. The lowest BCUT2D eigenvalue weighted by Crippen LogP contribution is -2.41. The van der Waals surface area contributed by atoms with Gasteiger partial charge in [-0.1, -0.05) is 23.7 Å². The van der Waals surface area contributed by atoms with Crippen molar-refractivity contribution in [3.63, 3.8) is 0 Å². The molecule has 1 aromatic carbocycles. The quantitative estimate of drug-likeness (QED) is 0.617. The van der Waals surface area contributed by atoms with Gasteiger partial charge in [-0.15, -0.1) is 0 Å². The summed E-state index contributed by atoms with van der Waals surface area (Å²) >= 11 is 6.00. The van der Waals surface area contributed by atoms with Crippen molar-refractivity contribution in [2.45, 2.75) is 51.1 Å². The third kappa shape index (κ3) is 3.90. The Hall–Kier alpha value is -1.83. The van der Waals surface area contributed by atoms with Crippen LogP contribution in [0.3, 0.4) is 0 Å². The van der Waals surface area contributed by atoms with Gasteiger partial charge in [0.2, 0.25) is 0 Å². The SMILES string of the molecule is COC(=O)CC(B1OC(C)(C)C(C)(C)O1)c1cn[nH]c1-c1ccc(Cl)cc1. The average molecular weight is 391 g/mol. The van der Waals surface area contributed by atoms with Crippen LogP contribution in [0.2, 0.25) is 5.02 Å². The maximum atomic E-state index is 12.1. The summed E-state index contributed by atoms with van der Waals surface area (Å²) in [5.74, 6) is -0.708. The zero-order valence-electron chi connectivity index (χ0n) is 16.2. The number of benzene rings is 1.